The molecule has 14 rings (SSSR count). The lowest BCUT2D eigenvalue weighted by molar-refractivity contribution is 0.668. The minimum atomic E-state index is 0.567. The van der Waals surface area contributed by atoms with E-state index in [1.54, 1.807) is 0 Å². The highest BCUT2D eigenvalue weighted by Crippen LogP contribution is 2.45. The molecule has 0 saturated carbocycles. The van der Waals surface area contributed by atoms with Crippen LogP contribution in [0.2, 0.25) is 0 Å². The lowest BCUT2D eigenvalue weighted by atomic mass is 9.98. The van der Waals surface area contributed by atoms with Gasteiger partial charge in [-0.15, -0.1) is 0 Å². The molecule has 6 nitrogen and oxygen atoms in total. The molecule has 0 spiro atoms. The van der Waals surface area contributed by atoms with E-state index in [-0.39, 0.29) is 0 Å². The van der Waals surface area contributed by atoms with E-state index in [0.717, 1.165) is 99.5 Å². The minimum absolute atomic E-state index is 0.567. The first kappa shape index (κ1) is 38.8. The molecule has 0 N–H and O–H groups in total. The van der Waals surface area contributed by atoms with Crippen LogP contribution in [-0.2, 0) is 0 Å². The lowest BCUT2D eigenvalue weighted by Crippen LogP contribution is -2.00. The summed E-state index contributed by atoms with van der Waals surface area (Å²) in [5, 5.41) is 6.54. The molecule has 0 aliphatic heterocycles. The molecule has 0 unspecified atom stereocenters. The van der Waals surface area contributed by atoms with Crippen LogP contribution < -0.4 is 0 Å². The molecule has 0 atom stereocenters. The lowest BCUT2D eigenvalue weighted by Gasteiger charge is -2.15. The van der Waals surface area contributed by atoms with Crippen LogP contribution in [0.4, 0.5) is 0 Å². The highest BCUT2D eigenvalue weighted by molar-refractivity contribution is 6.15. The fraction of sp³-hybridized carbons (Fsp3) is 0. The maximum Gasteiger partial charge on any atom is 0.164 e. The summed E-state index contributed by atoms with van der Waals surface area (Å²) < 4.78 is 16.1. The van der Waals surface area contributed by atoms with Gasteiger partial charge in [-0.1, -0.05) is 170 Å². The number of nitrogens with zero attached hydrogens (tertiary/aromatic N) is 4. The zero-order valence-electron chi connectivity index (χ0n) is 37.0. The maximum absolute atomic E-state index is 6.86. The Labute approximate surface area is 396 Å². The number of hydrogen-bond donors (Lipinski definition) is 0. The maximum atomic E-state index is 6.86. The van der Waals surface area contributed by atoms with Crippen LogP contribution in [0, 0.1) is 0 Å². The first-order valence-corrected chi connectivity index (χ1v) is 23.2. The second kappa shape index (κ2) is 15.6. The van der Waals surface area contributed by atoms with Gasteiger partial charge in [0.05, 0.1) is 16.7 Å². The Morgan fingerprint density at radius 2 is 0.739 bits per heavy atom. The fourth-order valence-electron chi connectivity index (χ4n) is 10.2. The third kappa shape index (κ3) is 6.45. The molecule has 69 heavy (non-hydrogen) atoms. The summed E-state index contributed by atoms with van der Waals surface area (Å²) in [4.78, 5) is 15.1. The van der Waals surface area contributed by atoms with Crippen molar-refractivity contribution in [3.05, 3.63) is 231 Å². The van der Waals surface area contributed by atoms with Gasteiger partial charge in [-0.2, -0.15) is 0 Å². The van der Waals surface area contributed by atoms with E-state index in [4.69, 9.17) is 23.8 Å². The number of furan rings is 2. The third-order valence-corrected chi connectivity index (χ3v) is 13.5. The quantitative estimate of drug-likeness (QED) is 0.159. The number of para-hydroxylation sites is 2. The van der Waals surface area contributed by atoms with E-state index in [9.17, 15) is 0 Å². The van der Waals surface area contributed by atoms with Crippen molar-refractivity contribution in [2.45, 2.75) is 0 Å². The number of benzene rings is 10. The van der Waals surface area contributed by atoms with Gasteiger partial charge in [-0.05, 0) is 88.5 Å². The van der Waals surface area contributed by atoms with Crippen LogP contribution >= 0.6 is 0 Å². The molecule has 0 fully saturated rings. The third-order valence-electron chi connectivity index (χ3n) is 13.5. The van der Waals surface area contributed by atoms with Crippen LogP contribution in [-0.4, -0.2) is 19.5 Å². The predicted octanol–water partition coefficient (Wildman–Crippen LogP) is 16.8. The molecule has 4 aromatic heterocycles. The molecular formula is C63H38N4O2. The topological polar surface area (TPSA) is 69.9 Å². The zero-order chi connectivity index (χ0) is 45.4. The second-order valence-electron chi connectivity index (χ2n) is 17.5. The summed E-state index contributed by atoms with van der Waals surface area (Å²) in [5.41, 5.74) is 15.7. The van der Waals surface area contributed by atoms with Gasteiger partial charge in [0.2, 0.25) is 0 Å². The normalized spacial score (nSPS) is 11.8. The second-order valence-corrected chi connectivity index (χ2v) is 17.5. The smallest absolute Gasteiger partial charge is 0.164 e. The summed E-state index contributed by atoms with van der Waals surface area (Å²) in [6, 6.07) is 80.4. The average molecular weight is 883 g/mol. The van der Waals surface area contributed by atoms with Crippen molar-refractivity contribution in [2.75, 3.05) is 0 Å². The first-order valence-electron chi connectivity index (χ1n) is 23.2. The van der Waals surface area contributed by atoms with E-state index in [2.05, 4.69) is 187 Å². The zero-order valence-corrected chi connectivity index (χ0v) is 37.0. The first-order chi connectivity index (χ1) is 34.2. The van der Waals surface area contributed by atoms with Gasteiger partial charge in [0.25, 0.3) is 0 Å². The molecule has 0 saturated heterocycles. The van der Waals surface area contributed by atoms with E-state index in [1.165, 1.54) is 21.9 Å². The molecule has 0 bridgehead atoms. The molecule has 0 amide bonds. The molecule has 322 valence electrons. The van der Waals surface area contributed by atoms with E-state index in [0.29, 0.717) is 17.5 Å². The van der Waals surface area contributed by atoms with Crippen molar-refractivity contribution in [3.8, 4) is 73.2 Å². The van der Waals surface area contributed by atoms with E-state index >= 15 is 0 Å². The van der Waals surface area contributed by atoms with Gasteiger partial charge in [0.1, 0.15) is 22.3 Å². The Balaban J connectivity index is 0.923. The minimum Gasteiger partial charge on any atom is -0.456 e. The highest BCUT2D eigenvalue weighted by atomic mass is 16.3. The average Bonchev–Trinajstić information content (AvgIpc) is 4.10. The SMILES string of the molecule is c1ccc(-c2ccc(-c3nc(-c4ccccc4)nc(-c4ccc5c(c4)oc4cc(-c6c(-n7c8ccccc8c8cc(-c9ccccc9)ccc87)ccc7c6oc6ccccc67)ccc45)n3)cc2)cc1. The van der Waals surface area contributed by atoms with Gasteiger partial charge in [0.15, 0.2) is 17.5 Å². The van der Waals surface area contributed by atoms with Crippen molar-refractivity contribution in [2.24, 2.45) is 0 Å². The Hall–Kier alpha value is -9.39. The summed E-state index contributed by atoms with van der Waals surface area (Å²) >= 11 is 0. The highest BCUT2D eigenvalue weighted by Gasteiger charge is 2.23. The molecule has 0 aliphatic carbocycles. The van der Waals surface area contributed by atoms with E-state index in [1.807, 2.05) is 48.5 Å². The number of fused-ring (bicyclic) bond motifs is 9. The molecule has 4 heterocycles. The standard InChI is InChI=1S/C63H38N4O2/c1-4-14-39(15-5-1)41-24-26-43(27-25-41)62-64-61(42-18-8-3-9-19-42)65-63(66-62)46-29-32-50-49-31-28-45(37-57(49)68-58(50)38-46)59-55(35-33-51-48-21-11-13-23-56(48)69-60(51)59)67-53-22-12-10-20-47(53)52-36-44(30-34-54(52)67)40-16-6-2-7-17-40/h1-38H. The number of hydrogen-bond acceptors (Lipinski definition) is 5. The molecular weight excluding hydrogens is 845 g/mol. The summed E-state index contributed by atoms with van der Waals surface area (Å²) in [6.45, 7) is 0. The van der Waals surface area contributed by atoms with Crippen LogP contribution in [0.15, 0.2) is 239 Å². The van der Waals surface area contributed by atoms with Gasteiger partial charge >= 0.3 is 0 Å². The van der Waals surface area contributed by atoms with Crippen LogP contribution in [0.3, 0.4) is 0 Å². The van der Waals surface area contributed by atoms with Crippen LogP contribution in [0.1, 0.15) is 0 Å². The van der Waals surface area contributed by atoms with Crippen molar-refractivity contribution >= 4 is 65.7 Å². The van der Waals surface area contributed by atoms with Crippen molar-refractivity contribution in [3.63, 3.8) is 0 Å². The van der Waals surface area contributed by atoms with Crippen molar-refractivity contribution in [1.82, 2.24) is 19.5 Å². The molecule has 0 radical (unpaired) electrons. The van der Waals surface area contributed by atoms with Gasteiger partial charge < -0.3 is 13.4 Å². The van der Waals surface area contributed by atoms with Gasteiger partial charge in [0, 0.05) is 54.6 Å². The van der Waals surface area contributed by atoms with Crippen molar-refractivity contribution < 1.29 is 8.83 Å². The van der Waals surface area contributed by atoms with Crippen LogP contribution in [0.5, 0.6) is 0 Å². The summed E-state index contributed by atoms with van der Waals surface area (Å²) in [7, 11) is 0. The summed E-state index contributed by atoms with van der Waals surface area (Å²) in [6.07, 6.45) is 0. The monoisotopic (exact) mass is 882 g/mol. The molecule has 0 aliphatic rings. The Bertz CT molecular complexity index is 4290. The van der Waals surface area contributed by atoms with Gasteiger partial charge in [-0.3, -0.25) is 0 Å². The van der Waals surface area contributed by atoms with E-state index < -0.39 is 0 Å². The summed E-state index contributed by atoms with van der Waals surface area (Å²) in [5.74, 6) is 1.77. The predicted molar refractivity (Wildman–Crippen MR) is 281 cm³/mol. The largest absolute Gasteiger partial charge is 0.456 e. The molecule has 6 heteroatoms. The number of rotatable bonds is 7. The van der Waals surface area contributed by atoms with Crippen LogP contribution in [0.25, 0.3) is 139 Å². The Morgan fingerprint density at radius 3 is 1.45 bits per heavy atom. The fourth-order valence-corrected chi connectivity index (χ4v) is 10.2. The molecule has 10 aromatic carbocycles. The molecule has 14 aromatic rings. The van der Waals surface area contributed by atoms with Gasteiger partial charge in [-0.25, -0.2) is 15.0 Å². The van der Waals surface area contributed by atoms with Crippen molar-refractivity contribution in [1.29, 1.82) is 0 Å². The Kier molecular flexibility index (Phi) is 8.79. The number of aromatic nitrogens is 4. The Morgan fingerprint density at radius 1 is 0.275 bits per heavy atom.